The zero-order chi connectivity index (χ0) is 24.6. The summed E-state index contributed by atoms with van der Waals surface area (Å²) >= 11 is 0. The van der Waals surface area contributed by atoms with E-state index in [0.29, 0.717) is 43.0 Å². The van der Waals surface area contributed by atoms with Gasteiger partial charge >= 0.3 is 5.97 Å². The van der Waals surface area contributed by atoms with E-state index in [4.69, 9.17) is 9.47 Å². The number of esters is 1. The lowest BCUT2D eigenvalue weighted by Gasteiger charge is -2.30. The molecule has 0 fully saturated rings. The average Bonchev–Trinajstić information content (AvgIpc) is 3.23. The summed E-state index contributed by atoms with van der Waals surface area (Å²) in [7, 11) is 1.37. The van der Waals surface area contributed by atoms with Crippen molar-refractivity contribution < 1.29 is 19.4 Å². The van der Waals surface area contributed by atoms with Gasteiger partial charge in [0.25, 0.3) is 0 Å². The van der Waals surface area contributed by atoms with Crippen molar-refractivity contribution in [1.82, 2.24) is 5.32 Å². The van der Waals surface area contributed by atoms with E-state index in [1.54, 1.807) is 12.1 Å². The van der Waals surface area contributed by atoms with Crippen LogP contribution in [0.1, 0.15) is 55.4 Å². The number of para-hydroxylation sites is 1. The predicted octanol–water partition coefficient (Wildman–Crippen LogP) is 3.97. The van der Waals surface area contributed by atoms with Crippen molar-refractivity contribution >= 4 is 5.97 Å². The van der Waals surface area contributed by atoms with E-state index in [1.807, 2.05) is 6.07 Å². The molecule has 0 bridgehead atoms. The molecule has 0 radical (unpaired) electrons. The average molecular weight is 465 g/mol. The molecule has 6 heteroatoms. The number of rotatable bonds is 12. The molecule has 2 N–H and O–H groups in total. The van der Waals surface area contributed by atoms with E-state index >= 15 is 0 Å². The van der Waals surface area contributed by atoms with Crippen LogP contribution in [0.5, 0.6) is 5.75 Å². The fraction of sp³-hybridized carbons (Fsp3) is 0.500. The Morgan fingerprint density at radius 1 is 1.21 bits per heavy atom. The molecule has 3 rings (SSSR count). The Kier molecular flexibility index (Phi) is 9.09. The first kappa shape index (κ1) is 25.7. The van der Waals surface area contributed by atoms with Crippen molar-refractivity contribution in [3.8, 4) is 11.8 Å². The molecule has 6 nitrogen and oxygen atoms in total. The highest BCUT2D eigenvalue weighted by atomic mass is 16.5. The van der Waals surface area contributed by atoms with Gasteiger partial charge in [-0.1, -0.05) is 36.4 Å². The standard InChI is InChI=1S/C28H36N2O4/c1-28(2,16-20-14-22-8-4-5-9-23(22)15-20)30-18-25(31)19-34-27-21(10-6-12-24(27)17-29)11-7-13-26(32)33-3/h4-6,8-10,12,20,25,30-31H,7,11,13-16,18-19H2,1-3H3/t25-/m1/s1. The molecule has 1 aliphatic carbocycles. The molecule has 2 aromatic carbocycles. The quantitative estimate of drug-likeness (QED) is 0.462. The molecule has 0 heterocycles. The molecular formula is C28H36N2O4. The number of benzene rings is 2. The van der Waals surface area contributed by atoms with E-state index < -0.39 is 6.10 Å². The van der Waals surface area contributed by atoms with Gasteiger partial charge in [-0.15, -0.1) is 0 Å². The van der Waals surface area contributed by atoms with Crippen LogP contribution >= 0.6 is 0 Å². The van der Waals surface area contributed by atoms with Crippen molar-refractivity contribution in [1.29, 1.82) is 5.26 Å². The Balaban J connectivity index is 1.49. The first-order chi connectivity index (χ1) is 16.3. The van der Waals surface area contributed by atoms with Crippen LogP contribution in [0.3, 0.4) is 0 Å². The summed E-state index contributed by atoms with van der Waals surface area (Å²) in [5.74, 6) is 0.824. The Morgan fingerprint density at radius 3 is 2.56 bits per heavy atom. The number of carbonyl (C=O) groups is 1. The maximum absolute atomic E-state index is 11.4. The van der Waals surface area contributed by atoms with Gasteiger partial charge in [-0.05, 0) is 74.6 Å². The fourth-order valence-corrected chi connectivity index (χ4v) is 4.79. The lowest BCUT2D eigenvalue weighted by molar-refractivity contribution is -0.140. The molecule has 0 aliphatic heterocycles. The summed E-state index contributed by atoms with van der Waals surface area (Å²) in [5, 5.41) is 23.6. The summed E-state index contributed by atoms with van der Waals surface area (Å²) in [5.41, 5.74) is 4.07. The van der Waals surface area contributed by atoms with Gasteiger partial charge in [0.2, 0.25) is 0 Å². The van der Waals surface area contributed by atoms with Gasteiger partial charge in [0.15, 0.2) is 0 Å². The van der Waals surface area contributed by atoms with Crippen LogP contribution in [-0.4, -0.2) is 43.0 Å². The van der Waals surface area contributed by atoms with Gasteiger partial charge in [0.1, 0.15) is 24.5 Å². The number of aliphatic hydroxyl groups excluding tert-OH is 1. The van der Waals surface area contributed by atoms with Gasteiger partial charge in [0.05, 0.1) is 12.7 Å². The maximum Gasteiger partial charge on any atom is 0.305 e. The molecule has 0 aromatic heterocycles. The summed E-state index contributed by atoms with van der Waals surface area (Å²) < 4.78 is 10.6. The summed E-state index contributed by atoms with van der Waals surface area (Å²) in [6.45, 7) is 4.83. The van der Waals surface area contributed by atoms with Crippen molar-refractivity contribution in [3.63, 3.8) is 0 Å². The smallest absolute Gasteiger partial charge is 0.305 e. The molecule has 0 unspecified atom stereocenters. The minimum atomic E-state index is -0.713. The number of nitriles is 1. The minimum absolute atomic E-state index is 0.0840. The Hall–Kier alpha value is -2.88. The Labute approximate surface area is 202 Å². The number of aliphatic hydroxyl groups is 1. The molecule has 34 heavy (non-hydrogen) atoms. The van der Waals surface area contributed by atoms with E-state index in [9.17, 15) is 15.2 Å². The van der Waals surface area contributed by atoms with E-state index in [1.165, 1.54) is 18.2 Å². The zero-order valence-electron chi connectivity index (χ0n) is 20.5. The van der Waals surface area contributed by atoms with Crippen LogP contribution < -0.4 is 10.1 Å². The van der Waals surface area contributed by atoms with E-state index in [0.717, 1.165) is 24.8 Å². The Bertz CT molecular complexity index is 987. The zero-order valence-corrected chi connectivity index (χ0v) is 20.5. The molecular weight excluding hydrogens is 428 g/mol. The number of hydrogen-bond acceptors (Lipinski definition) is 6. The number of β-amino-alcohol motifs (C(OH)–C–C–N with tert-alkyl or cyclic N) is 1. The van der Waals surface area contributed by atoms with Crippen molar-refractivity contribution in [2.24, 2.45) is 5.92 Å². The third-order valence-corrected chi connectivity index (χ3v) is 6.44. The van der Waals surface area contributed by atoms with Crippen molar-refractivity contribution in [3.05, 3.63) is 64.7 Å². The van der Waals surface area contributed by atoms with Crippen LogP contribution in [0.2, 0.25) is 0 Å². The monoisotopic (exact) mass is 464 g/mol. The highest BCUT2D eigenvalue weighted by molar-refractivity contribution is 5.69. The maximum atomic E-state index is 11.4. The number of hydrogen-bond donors (Lipinski definition) is 2. The van der Waals surface area contributed by atoms with Gasteiger partial charge in [-0.25, -0.2) is 0 Å². The largest absolute Gasteiger partial charge is 0.489 e. The fourth-order valence-electron chi connectivity index (χ4n) is 4.79. The van der Waals surface area contributed by atoms with Crippen molar-refractivity contribution in [2.45, 2.75) is 64.0 Å². The second-order valence-electron chi connectivity index (χ2n) is 9.81. The normalized spacial score (nSPS) is 14.3. The van der Waals surface area contributed by atoms with Crippen LogP contribution in [0.4, 0.5) is 0 Å². The number of fused-ring (bicyclic) bond motifs is 1. The first-order valence-electron chi connectivity index (χ1n) is 12.0. The number of aryl methyl sites for hydroxylation is 1. The summed E-state index contributed by atoms with van der Waals surface area (Å²) in [6.07, 6.45) is 4.02. The van der Waals surface area contributed by atoms with Gasteiger partial charge < -0.3 is 19.9 Å². The third kappa shape index (κ3) is 7.31. The van der Waals surface area contributed by atoms with Gasteiger partial charge in [-0.3, -0.25) is 4.79 Å². The molecule has 0 saturated heterocycles. The minimum Gasteiger partial charge on any atom is -0.489 e. The highest BCUT2D eigenvalue weighted by Crippen LogP contribution is 2.32. The lowest BCUT2D eigenvalue weighted by Crippen LogP contribution is -2.46. The third-order valence-electron chi connectivity index (χ3n) is 6.44. The molecule has 2 aromatic rings. The predicted molar refractivity (Wildman–Crippen MR) is 132 cm³/mol. The SMILES string of the molecule is COC(=O)CCCc1cccc(C#N)c1OC[C@H](O)CNC(C)(C)CC1Cc2ccccc2C1. The van der Waals surface area contributed by atoms with Gasteiger partial charge in [0, 0.05) is 18.5 Å². The second-order valence-corrected chi connectivity index (χ2v) is 9.81. The van der Waals surface area contributed by atoms with E-state index in [-0.39, 0.29) is 18.1 Å². The molecule has 0 spiro atoms. The lowest BCUT2D eigenvalue weighted by atomic mass is 9.88. The molecule has 0 saturated carbocycles. The van der Waals surface area contributed by atoms with Crippen LogP contribution in [-0.2, 0) is 28.8 Å². The molecule has 182 valence electrons. The number of ether oxygens (including phenoxy) is 2. The molecule has 1 atom stereocenters. The number of nitrogens with zero attached hydrogens (tertiary/aromatic N) is 1. The highest BCUT2D eigenvalue weighted by Gasteiger charge is 2.28. The van der Waals surface area contributed by atoms with E-state index in [2.05, 4.69) is 49.5 Å². The number of methoxy groups -OCH3 is 1. The summed E-state index contributed by atoms with van der Waals surface area (Å²) in [4.78, 5) is 11.4. The van der Waals surface area contributed by atoms with Crippen LogP contribution in [0.15, 0.2) is 42.5 Å². The molecule has 1 aliphatic rings. The summed E-state index contributed by atoms with van der Waals surface area (Å²) in [6, 6.07) is 16.2. The van der Waals surface area contributed by atoms with Crippen molar-refractivity contribution in [2.75, 3.05) is 20.3 Å². The van der Waals surface area contributed by atoms with Crippen LogP contribution in [0.25, 0.3) is 0 Å². The number of nitrogens with one attached hydrogen (secondary N) is 1. The Morgan fingerprint density at radius 2 is 1.91 bits per heavy atom. The topological polar surface area (TPSA) is 91.6 Å². The van der Waals surface area contributed by atoms with Gasteiger partial charge in [-0.2, -0.15) is 5.26 Å². The van der Waals surface area contributed by atoms with Crippen LogP contribution in [0, 0.1) is 17.2 Å². The molecule has 0 amide bonds. The number of carbonyl (C=O) groups excluding carboxylic acids is 1. The second kappa shape index (κ2) is 12.0. The first-order valence-corrected chi connectivity index (χ1v) is 12.0.